The summed E-state index contributed by atoms with van der Waals surface area (Å²) in [5.74, 6) is 0.223. The van der Waals surface area contributed by atoms with E-state index >= 15 is 0 Å². The molecule has 1 unspecified atom stereocenters. The van der Waals surface area contributed by atoms with Gasteiger partial charge in [0.2, 0.25) is 0 Å². The summed E-state index contributed by atoms with van der Waals surface area (Å²) in [7, 11) is 0. The highest BCUT2D eigenvalue weighted by Gasteiger charge is 2.17. The van der Waals surface area contributed by atoms with Crippen molar-refractivity contribution in [3.05, 3.63) is 59.0 Å². The SMILES string of the molecule is CCNC(c1cccc(F)c1)c1cc(C)cnc1N. The van der Waals surface area contributed by atoms with Crippen LogP contribution in [0.1, 0.15) is 29.7 Å². The number of aryl methyl sites for hydroxylation is 1. The van der Waals surface area contributed by atoms with Gasteiger partial charge in [0.15, 0.2) is 0 Å². The number of halogens is 1. The van der Waals surface area contributed by atoms with Gasteiger partial charge in [-0.05, 0) is 42.8 Å². The van der Waals surface area contributed by atoms with Crippen LogP contribution in [0.5, 0.6) is 0 Å². The number of nitrogen functional groups attached to an aromatic ring is 1. The van der Waals surface area contributed by atoms with Crippen LogP contribution in [0, 0.1) is 12.7 Å². The summed E-state index contributed by atoms with van der Waals surface area (Å²) in [6.07, 6.45) is 1.73. The lowest BCUT2D eigenvalue weighted by atomic mass is 9.98. The van der Waals surface area contributed by atoms with Gasteiger partial charge in [0, 0.05) is 11.8 Å². The van der Waals surface area contributed by atoms with Crippen molar-refractivity contribution < 1.29 is 4.39 Å². The van der Waals surface area contributed by atoms with Crippen molar-refractivity contribution in [3.63, 3.8) is 0 Å². The van der Waals surface area contributed by atoms with Gasteiger partial charge in [-0.2, -0.15) is 0 Å². The van der Waals surface area contributed by atoms with Gasteiger partial charge in [-0.1, -0.05) is 19.1 Å². The van der Waals surface area contributed by atoms with Crippen molar-refractivity contribution in [2.75, 3.05) is 12.3 Å². The Morgan fingerprint density at radius 2 is 2.16 bits per heavy atom. The molecule has 3 N–H and O–H groups in total. The van der Waals surface area contributed by atoms with Crippen LogP contribution in [0.2, 0.25) is 0 Å². The monoisotopic (exact) mass is 259 g/mol. The topological polar surface area (TPSA) is 50.9 Å². The summed E-state index contributed by atoms with van der Waals surface area (Å²) in [6, 6.07) is 8.39. The Morgan fingerprint density at radius 3 is 2.84 bits per heavy atom. The fourth-order valence-corrected chi connectivity index (χ4v) is 2.13. The third-order valence-electron chi connectivity index (χ3n) is 2.99. The normalized spacial score (nSPS) is 12.4. The predicted octanol–water partition coefficient (Wildman–Crippen LogP) is 2.81. The Labute approximate surface area is 112 Å². The second-order valence-corrected chi connectivity index (χ2v) is 4.53. The zero-order valence-corrected chi connectivity index (χ0v) is 11.2. The van der Waals surface area contributed by atoms with Crippen molar-refractivity contribution in [1.82, 2.24) is 10.3 Å². The summed E-state index contributed by atoms with van der Waals surface area (Å²) >= 11 is 0. The molecule has 19 heavy (non-hydrogen) atoms. The Kier molecular flexibility index (Phi) is 4.12. The van der Waals surface area contributed by atoms with Gasteiger partial charge in [-0.15, -0.1) is 0 Å². The second-order valence-electron chi connectivity index (χ2n) is 4.53. The molecule has 0 amide bonds. The van der Waals surface area contributed by atoms with Crippen LogP contribution in [-0.2, 0) is 0 Å². The molecule has 0 fully saturated rings. The van der Waals surface area contributed by atoms with E-state index in [-0.39, 0.29) is 11.9 Å². The summed E-state index contributed by atoms with van der Waals surface area (Å²) in [6.45, 7) is 4.73. The summed E-state index contributed by atoms with van der Waals surface area (Å²) in [4.78, 5) is 4.17. The van der Waals surface area contributed by atoms with Crippen LogP contribution in [0.3, 0.4) is 0 Å². The quantitative estimate of drug-likeness (QED) is 0.887. The summed E-state index contributed by atoms with van der Waals surface area (Å²) < 4.78 is 13.4. The molecule has 1 heterocycles. The molecule has 0 spiro atoms. The van der Waals surface area contributed by atoms with E-state index in [4.69, 9.17) is 5.73 Å². The van der Waals surface area contributed by atoms with Gasteiger partial charge in [0.1, 0.15) is 11.6 Å². The summed E-state index contributed by atoms with van der Waals surface area (Å²) in [5.41, 5.74) is 8.71. The van der Waals surface area contributed by atoms with Gasteiger partial charge in [-0.3, -0.25) is 0 Å². The molecule has 4 heteroatoms. The number of nitrogens with two attached hydrogens (primary N) is 1. The number of nitrogens with one attached hydrogen (secondary N) is 1. The van der Waals surface area contributed by atoms with Crippen molar-refractivity contribution in [2.24, 2.45) is 0 Å². The van der Waals surface area contributed by atoms with Gasteiger partial charge in [0.05, 0.1) is 6.04 Å². The maximum atomic E-state index is 13.4. The molecule has 0 aliphatic heterocycles. The number of nitrogens with zero attached hydrogens (tertiary/aromatic N) is 1. The number of aromatic nitrogens is 1. The molecule has 0 aliphatic rings. The molecule has 0 saturated carbocycles. The standard InChI is InChI=1S/C15H18FN3/c1-3-18-14(11-5-4-6-12(16)8-11)13-7-10(2)9-19-15(13)17/h4-9,14,18H,3H2,1-2H3,(H2,17,19). The lowest BCUT2D eigenvalue weighted by Crippen LogP contribution is -2.23. The van der Waals surface area contributed by atoms with Crippen LogP contribution in [0.15, 0.2) is 36.5 Å². The van der Waals surface area contributed by atoms with Crippen molar-refractivity contribution in [3.8, 4) is 0 Å². The molecule has 0 aliphatic carbocycles. The zero-order chi connectivity index (χ0) is 13.8. The molecular weight excluding hydrogens is 241 g/mol. The molecule has 1 atom stereocenters. The maximum absolute atomic E-state index is 13.4. The highest BCUT2D eigenvalue weighted by atomic mass is 19.1. The van der Waals surface area contributed by atoms with E-state index in [9.17, 15) is 4.39 Å². The van der Waals surface area contributed by atoms with Gasteiger partial charge >= 0.3 is 0 Å². The van der Waals surface area contributed by atoms with E-state index in [0.717, 1.165) is 23.2 Å². The maximum Gasteiger partial charge on any atom is 0.128 e. The highest BCUT2D eigenvalue weighted by molar-refractivity contribution is 5.47. The third-order valence-corrected chi connectivity index (χ3v) is 2.99. The Balaban J connectivity index is 2.48. The number of benzene rings is 1. The Bertz CT molecular complexity index is 569. The second kappa shape index (κ2) is 5.80. The average Bonchev–Trinajstić information content (AvgIpc) is 2.39. The third kappa shape index (κ3) is 3.09. The van der Waals surface area contributed by atoms with E-state index < -0.39 is 0 Å². The number of rotatable bonds is 4. The Hall–Kier alpha value is -1.94. The molecule has 1 aromatic carbocycles. The van der Waals surface area contributed by atoms with E-state index in [0.29, 0.717) is 5.82 Å². The number of anilines is 1. The Morgan fingerprint density at radius 1 is 1.37 bits per heavy atom. The van der Waals surface area contributed by atoms with Crippen LogP contribution < -0.4 is 11.1 Å². The largest absolute Gasteiger partial charge is 0.383 e. The summed E-state index contributed by atoms with van der Waals surface area (Å²) in [5, 5.41) is 3.32. The fourth-order valence-electron chi connectivity index (χ4n) is 2.13. The van der Waals surface area contributed by atoms with Crippen LogP contribution in [-0.4, -0.2) is 11.5 Å². The number of hydrogen-bond acceptors (Lipinski definition) is 3. The molecule has 0 radical (unpaired) electrons. The van der Waals surface area contributed by atoms with E-state index in [1.807, 2.05) is 26.0 Å². The molecule has 2 aromatic rings. The van der Waals surface area contributed by atoms with Crippen molar-refractivity contribution >= 4 is 5.82 Å². The van der Waals surface area contributed by atoms with Gasteiger partial charge in [-0.25, -0.2) is 9.37 Å². The van der Waals surface area contributed by atoms with E-state index in [1.165, 1.54) is 12.1 Å². The van der Waals surface area contributed by atoms with E-state index in [1.54, 1.807) is 12.3 Å². The molecule has 3 nitrogen and oxygen atoms in total. The molecule has 0 bridgehead atoms. The van der Waals surface area contributed by atoms with Gasteiger partial charge < -0.3 is 11.1 Å². The first kappa shape index (κ1) is 13.5. The van der Waals surface area contributed by atoms with Gasteiger partial charge in [0.25, 0.3) is 0 Å². The molecule has 0 saturated heterocycles. The first-order valence-corrected chi connectivity index (χ1v) is 6.32. The highest BCUT2D eigenvalue weighted by Crippen LogP contribution is 2.26. The van der Waals surface area contributed by atoms with Crippen molar-refractivity contribution in [1.29, 1.82) is 0 Å². The minimum absolute atomic E-state index is 0.145. The van der Waals surface area contributed by atoms with Crippen LogP contribution in [0.25, 0.3) is 0 Å². The number of hydrogen-bond donors (Lipinski definition) is 2. The zero-order valence-electron chi connectivity index (χ0n) is 11.2. The smallest absolute Gasteiger partial charge is 0.128 e. The molecule has 100 valence electrons. The fraction of sp³-hybridized carbons (Fsp3) is 0.267. The predicted molar refractivity (Wildman–Crippen MR) is 75.3 cm³/mol. The minimum atomic E-state index is -0.250. The number of pyridine rings is 1. The lowest BCUT2D eigenvalue weighted by molar-refractivity contribution is 0.603. The average molecular weight is 259 g/mol. The molecule has 2 rings (SSSR count). The van der Waals surface area contributed by atoms with Crippen LogP contribution >= 0.6 is 0 Å². The molecule has 1 aromatic heterocycles. The lowest BCUT2D eigenvalue weighted by Gasteiger charge is -2.20. The minimum Gasteiger partial charge on any atom is -0.383 e. The first-order valence-electron chi connectivity index (χ1n) is 6.32. The van der Waals surface area contributed by atoms with Crippen LogP contribution in [0.4, 0.5) is 10.2 Å². The van der Waals surface area contributed by atoms with E-state index in [2.05, 4.69) is 10.3 Å². The van der Waals surface area contributed by atoms with Crippen molar-refractivity contribution in [2.45, 2.75) is 19.9 Å². The first-order chi connectivity index (χ1) is 9.11. The molecular formula is C15H18FN3.